The standard InChI is InChI=1S/C14H20O2/c1-4-14(15)16-10-13(11(2)3)12-8-6-5-7-9-12/h5-9,11,13H,4,10H2,1-3H3/t13-/m0/s1. The molecule has 0 amide bonds. The van der Waals surface area contributed by atoms with Gasteiger partial charge in [-0.25, -0.2) is 0 Å². The highest BCUT2D eigenvalue weighted by Crippen LogP contribution is 2.24. The van der Waals surface area contributed by atoms with Crippen molar-refractivity contribution in [3.63, 3.8) is 0 Å². The van der Waals surface area contributed by atoms with E-state index in [-0.39, 0.29) is 11.9 Å². The van der Waals surface area contributed by atoms with E-state index in [1.54, 1.807) is 0 Å². The topological polar surface area (TPSA) is 26.3 Å². The fraction of sp³-hybridized carbons (Fsp3) is 0.500. The molecule has 0 N–H and O–H groups in total. The summed E-state index contributed by atoms with van der Waals surface area (Å²) in [4.78, 5) is 11.1. The van der Waals surface area contributed by atoms with Gasteiger partial charge in [-0.1, -0.05) is 51.1 Å². The second-order valence-corrected chi connectivity index (χ2v) is 4.30. The predicted octanol–water partition coefficient (Wildman–Crippen LogP) is 3.38. The Morgan fingerprint density at radius 1 is 1.25 bits per heavy atom. The fourth-order valence-corrected chi connectivity index (χ4v) is 1.66. The highest BCUT2D eigenvalue weighted by molar-refractivity contribution is 5.68. The average Bonchev–Trinajstić information content (AvgIpc) is 2.30. The Morgan fingerprint density at radius 3 is 2.38 bits per heavy atom. The summed E-state index contributed by atoms with van der Waals surface area (Å²) in [6, 6.07) is 10.2. The smallest absolute Gasteiger partial charge is 0.305 e. The van der Waals surface area contributed by atoms with E-state index in [4.69, 9.17) is 4.74 Å². The van der Waals surface area contributed by atoms with Crippen LogP contribution in [0.1, 0.15) is 38.7 Å². The van der Waals surface area contributed by atoms with Crippen LogP contribution < -0.4 is 0 Å². The van der Waals surface area contributed by atoms with Crippen LogP contribution >= 0.6 is 0 Å². The third kappa shape index (κ3) is 3.69. The maximum absolute atomic E-state index is 11.1. The van der Waals surface area contributed by atoms with Crippen LogP contribution in [0.2, 0.25) is 0 Å². The molecule has 0 spiro atoms. The first-order chi connectivity index (χ1) is 7.65. The van der Waals surface area contributed by atoms with Crippen molar-refractivity contribution in [3.8, 4) is 0 Å². The first-order valence-electron chi connectivity index (χ1n) is 5.85. The minimum atomic E-state index is -0.124. The lowest BCUT2D eigenvalue weighted by atomic mass is 9.89. The Bertz CT molecular complexity index is 317. The van der Waals surface area contributed by atoms with Crippen LogP contribution in [0.3, 0.4) is 0 Å². The largest absolute Gasteiger partial charge is 0.465 e. The molecule has 0 radical (unpaired) electrons. The van der Waals surface area contributed by atoms with Gasteiger partial charge < -0.3 is 4.74 Å². The average molecular weight is 220 g/mol. The maximum Gasteiger partial charge on any atom is 0.305 e. The molecule has 0 aliphatic rings. The van der Waals surface area contributed by atoms with E-state index in [0.717, 1.165) is 0 Å². The molecule has 0 aromatic heterocycles. The Balaban J connectivity index is 2.66. The summed E-state index contributed by atoms with van der Waals surface area (Å²) in [6.45, 7) is 6.60. The molecule has 1 atom stereocenters. The normalized spacial score (nSPS) is 12.5. The maximum atomic E-state index is 11.1. The van der Waals surface area contributed by atoms with Crippen LogP contribution in [0.5, 0.6) is 0 Å². The van der Waals surface area contributed by atoms with Crippen molar-refractivity contribution < 1.29 is 9.53 Å². The van der Waals surface area contributed by atoms with Crippen molar-refractivity contribution in [1.29, 1.82) is 0 Å². The summed E-state index contributed by atoms with van der Waals surface area (Å²) in [7, 11) is 0. The van der Waals surface area contributed by atoms with Gasteiger partial charge in [0.2, 0.25) is 0 Å². The van der Waals surface area contributed by atoms with Gasteiger partial charge in [0.1, 0.15) is 0 Å². The lowest BCUT2D eigenvalue weighted by Gasteiger charge is -2.21. The molecule has 16 heavy (non-hydrogen) atoms. The molecule has 0 saturated carbocycles. The van der Waals surface area contributed by atoms with Gasteiger partial charge in [0.25, 0.3) is 0 Å². The molecule has 1 aromatic carbocycles. The Morgan fingerprint density at radius 2 is 1.88 bits per heavy atom. The van der Waals surface area contributed by atoms with Crippen LogP contribution in [0.15, 0.2) is 30.3 Å². The van der Waals surface area contributed by atoms with Gasteiger partial charge in [-0.05, 0) is 11.5 Å². The summed E-state index contributed by atoms with van der Waals surface area (Å²) in [6.07, 6.45) is 0.444. The molecule has 0 heterocycles. The molecule has 0 unspecified atom stereocenters. The van der Waals surface area contributed by atoms with E-state index in [0.29, 0.717) is 18.9 Å². The first kappa shape index (κ1) is 12.8. The second kappa shape index (κ2) is 6.31. The molecule has 0 fully saturated rings. The summed E-state index contributed by atoms with van der Waals surface area (Å²) < 4.78 is 5.23. The Kier molecular flexibility index (Phi) is 5.03. The molecule has 0 saturated heterocycles. The second-order valence-electron chi connectivity index (χ2n) is 4.30. The van der Waals surface area contributed by atoms with Gasteiger partial charge in [-0.3, -0.25) is 4.79 Å². The lowest BCUT2D eigenvalue weighted by Crippen LogP contribution is -2.16. The molecule has 2 nitrogen and oxygen atoms in total. The van der Waals surface area contributed by atoms with Crippen molar-refractivity contribution in [2.24, 2.45) is 5.92 Å². The molecule has 0 aliphatic carbocycles. The van der Waals surface area contributed by atoms with Gasteiger partial charge in [-0.15, -0.1) is 0 Å². The quantitative estimate of drug-likeness (QED) is 0.711. The van der Waals surface area contributed by atoms with Crippen molar-refractivity contribution in [2.75, 3.05) is 6.61 Å². The molecule has 1 aromatic rings. The highest BCUT2D eigenvalue weighted by atomic mass is 16.5. The number of esters is 1. The third-order valence-corrected chi connectivity index (χ3v) is 2.75. The van der Waals surface area contributed by atoms with Crippen LogP contribution in [0.4, 0.5) is 0 Å². The zero-order valence-corrected chi connectivity index (χ0v) is 10.3. The summed E-state index contributed by atoms with van der Waals surface area (Å²) >= 11 is 0. The van der Waals surface area contributed by atoms with E-state index in [9.17, 15) is 4.79 Å². The van der Waals surface area contributed by atoms with Crippen LogP contribution in [-0.2, 0) is 9.53 Å². The molecular formula is C14H20O2. The highest BCUT2D eigenvalue weighted by Gasteiger charge is 2.17. The summed E-state index contributed by atoms with van der Waals surface area (Å²) in [5, 5.41) is 0. The number of rotatable bonds is 5. The zero-order valence-electron chi connectivity index (χ0n) is 10.3. The molecule has 0 bridgehead atoms. The van der Waals surface area contributed by atoms with Gasteiger partial charge in [0.05, 0.1) is 6.61 Å². The Hall–Kier alpha value is -1.31. The molecular weight excluding hydrogens is 200 g/mol. The third-order valence-electron chi connectivity index (χ3n) is 2.75. The van der Waals surface area contributed by atoms with Crippen LogP contribution in [0, 0.1) is 5.92 Å². The number of benzene rings is 1. The van der Waals surface area contributed by atoms with E-state index >= 15 is 0 Å². The van der Waals surface area contributed by atoms with Crippen molar-refractivity contribution in [1.82, 2.24) is 0 Å². The first-order valence-corrected chi connectivity index (χ1v) is 5.85. The number of hydrogen-bond donors (Lipinski definition) is 0. The minimum absolute atomic E-state index is 0.124. The van der Waals surface area contributed by atoms with E-state index in [2.05, 4.69) is 26.0 Å². The summed E-state index contributed by atoms with van der Waals surface area (Å²) in [5.74, 6) is 0.630. The van der Waals surface area contributed by atoms with Crippen LogP contribution in [0.25, 0.3) is 0 Å². The van der Waals surface area contributed by atoms with Crippen LogP contribution in [-0.4, -0.2) is 12.6 Å². The van der Waals surface area contributed by atoms with Gasteiger partial charge in [0, 0.05) is 12.3 Å². The SMILES string of the molecule is CCC(=O)OC[C@H](c1ccccc1)C(C)C. The fourth-order valence-electron chi connectivity index (χ4n) is 1.66. The predicted molar refractivity (Wildman–Crippen MR) is 65.3 cm³/mol. The van der Waals surface area contributed by atoms with E-state index < -0.39 is 0 Å². The molecule has 1 rings (SSSR count). The molecule has 0 aliphatic heterocycles. The van der Waals surface area contributed by atoms with Crippen molar-refractivity contribution >= 4 is 5.97 Å². The van der Waals surface area contributed by atoms with Crippen molar-refractivity contribution in [2.45, 2.75) is 33.1 Å². The zero-order chi connectivity index (χ0) is 12.0. The monoisotopic (exact) mass is 220 g/mol. The Labute approximate surface area is 97.6 Å². The number of carbonyl (C=O) groups is 1. The van der Waals surface area contributed by atoms with E-state index in [1.165, 1.54) is 5.56 Å². The number of ether oxygens (including phenoxy) is 1. The van der Waals surface area contributed by atoms with Gasteiger partial charge in [-0.2, -0.15) is 0 Å². The van der Waals surface area contributed by atoms with E-state index in [1.807, 2.05) is 25.1 Å². The lowest BCUT2D eigenvalue weighted by molar-refractivity contribution is -0.144. The van der Waals surface area contributed by atoms with Gasteiger partial charge >= 0.3 is 5.97 Å². The molecule has 88 valence electrons. The number of carbonyl (C=O) groups excluding carboxylic acids is 1. The molecule has 2 heteroatoms. The summed E-state index contributed by atoms with van der Waals surface area (Å²) in [5.41, 5.74) is 1.24. The number of hydrogen-bond acceptors (Lipinski definition) is 2. The van der Waals surface area contributed by atoms with Crippen molar-refractivity contribution in [3.05, 3.63) is 35.9 Å². The minimum Gasteiger partial charge on any atom is -0.465 e. The van der Waals surface area contributed by atoms with Gasteiger partial charge in [0.15, 0.2) is 0 Å².